The number of benzene rings is 2. The van der Waals surface area contributed by atoms with Gasteiger partial charge in [-0.15, -0.1) is 0 Å². The first kappa shape index (κ1) is 23.2. The van der Waals surface area contributed by atoms with Crippen LogP contribution in [-0.2, 0) is 22.7 Å². The minimum atomic E-state index is -0.707. The topological polar surface area (TPSA) is 76.4 Å². The van der Waals surface area contributed by atoms with E-state index < -0.39 is 6.04 Å². The van der Waals surface area contributed by atoms with Gasteiger partial charge in [0.25, 0.3) is 0 Å². The maximum absolute atomic E-state index is 12.6. The molecule has 0 radical (unpaired) electrons. The molecule has 31 heavy (non-hydrogen) atoms. The molecule has 0 aliphatic rings. The number of hydrogen-bond donors (Lipinski definition) is 2. The van der Waals surface area contributed by atoms with E-state index in [-0.39, 0.29) is 19.2 Å². The number of aromatic nitrogens is 2. The standard InChI is InChI=1S/C23H26ClN3O3S/c1-3-30-22(29)21(19-7-5-6-8-20(19)24)26-17-11-9-16(10-12-17)14-27-18(15-28)13-25-23(27)31-4-2/h5-13,21,26,28H,3-4,14-15H2,1-2H3. The van der Waals surface area contributed by atoms with Crippen molar-refractivity contribution in [2.24, 2.45) is 0 Å². The summed E-state index contributed by atoms with van der Waals surface area (Å²) in [5.41, 5.74) is 3.28. The van der Waals surface area contributed by atoms with Crippen LogP contribution < -0.4 is 5.32 Å². The number of rotatable bonds is 10. The van der Waals surface area contributed by atoms with Gasteiger partial charge in [0.2, 0.25) is 0 Å². The van der Waals surface area contributed by atoms with Crippen LogP contribution >= 0.6 is 23.4 Å². The molecule has 0 aliphatic carbocycles. The van der Waals surface area contributed by atoms with Crippen molar-refractivity contribution in [1.82, 2.24) is 9.55 Å². The van der Waals surface area contributed by atoms with Crippen LogP contribution in [0.1, 0.15) is 36.7 Å². The molecule has 0 amide bonds. The first-order valence-corrected chi connectivity index (χ1v) is 11.5. The number of imidazole rings is 1. The second-order valence-corrected chi connectivity index (χ2v) is 8.40. The fraction of sp³-hybridized carbons (Fsp3) is 0.304. The fourth-order valence-electron chi connectivity index (χ4n) is 3.19. The first-order valence-electron chi connectivity index (χ1n) is 10.1. The van der Waals surface area contributed by atoms with Crippen molar-refractivity contribution in [2.75, 3.05) is 17.7 Å². The van der Waals surface area contributed by atoms with E-state index in [0.29, 0.717) is 17.1 Å². The molecule has 3 rings (SSSR count). The van der Waals surface area contributed by atoms with Crippen LogP contribution in [0.15, 0.2) is 59.9 Å². The third-order valence-electron chi connectivity index (χ3n) is 4.68. The summed E-state index contributed by atoms with van der Waals surface area (Å²) in [6.07, 6.45) is 1.71. The van der Waals surface area contributed by atoms with Crippen LogP contribution in [0.3, 0.4) is 0 Å². The van der Waals surface area contributed by atoms with Crippen molar-refractivity contribution in [2.45, 2.75) is 38.2 Å². The van der Waals surface area contributed by atoms with Crippen LogP contribution in [-0.4, -0.2) is 33.0 Å². The summed E-state index contributed by atoms with van der Waals surface area (Å²) in [6.45, 7) is 4.68. The Morgan fingerprint density at radius 3 is 2.61 bits per heavy atom. The molecule has 3 aromatic rings. The summed E-state index contributed by atoms with van der Waals surface area (Å²) in [6, 6.07) is 14.3. The van der Waals surface area contributed by atoms with E-state index >= 15 is 0 Å². The normalized spacial score (nSPS) is 11.9. The lowest BCUT2D eigenvalue weighted by Gasteiger charge is -2.20. The van der Waals surface area contributed by atoms with E-state index in [4.69, 9.17) is 16.3 Å². The molecule has 164 valence electrons. The lowest BCUT2D eigenvalue weighted by atomic mass is 10.1. The third kappa shape index (κ3) is 5.81. The number of nitrogens with zero attached hydrogens (tertiary/aromatic N) is 2. The van der Waals surface area contributed by atoms with Crippen LogP contribution in [0.5, 0.6) is 0 Å². The van der Waals surface area contributed by atoms with Crippen molar-refractivity contribution < 1.29 is 14.6 Å². The van der Waals surface area contributed by atoms with E-state index in [1.807, 2.05) is 47.0 Å². The highest BCUT2D eigenvalue weighted by atomic mass is 35.5. The molecule has 1 atom stereocenters. The number of esters is 1. The Labute approximate surface area is 191 Å². The molecule has 1 heterocycles. The summed E-state index contributed by atoms with van der Waals surface area (Å²) >= 11 is 7.96. The predicted octanol–water partition coefficient (Wildman–Crippen LogP) is 4.91. The van der Waals surface area contributed by atoms with Gasteiger partial charge < -0.3 is 19.7 Å². The Kier molecular flexibility index (Phi) is 8.40. The zero-order chi connectivity index (χ0) is 22.2. The Balaban J connectivity index is 1.79. The van der Waals surface area contributed by atoms with E-state index in [1.54, 1.807) is 30.9 Å². The van der Waals surface area contributed by atoms with Crippen LogP contribution in [0.4, 0.5) is 5.69 Å². The number of aliphatic hydroxyl groups excluding tert-OH is 1. The summed E-state index contributed by atoms with van der Waals surface area (Å²) in [5, 5.41) is 14.2. The molecule has 0 saturated heterocycles. The monoisotopic (exact) mass is 459 g/mol. The summed E-state index contributed by atoms with van der Waals surface area (Å²) in [5.74, 6) is 0.522. The van der Waals surface area contributed by atoms with Crippen LogP contribution in [0.2, 0.25) is 5.02 Å². The minimum Gasteiger partial charge on any atom is -0.464 e. The Morgan fingerprint density at radius 1 is 1.23 bits per heavy atom. The van der Waals surface area contributed by atoms with Gasteiger partial charge in [0.1, 0.15) is 0 Å². The molecular weight excluding hydrogens is 434 g/mol. The predicted molar refractivity (Wildman–Crippen MR) is 125 cm³/mol. The molecule has 6 nitrogen and oxygen atoms in total. The molecule has 2 aromatic carbocycles. The van der Waals surface area contributed by atoms with Gasteiger partial charge in [-0.25, -0.2) is 9.78 Å². The molecule has 0 bridgehead atoms. The second-order valence-electron chi connectivity index (χ2n) is 6.76. The Bertz CT molecular complexity index is 1010. The van der Waals surface area contributed by atoms with Gasteiger partial charge in [-0.05, 0) is 36.4 Å². The van der Waals surface area contributed by atoms with Gasteiger partial charge in [0.05, 0.1) is 25.1 Å². The van der Waals surface area contributed by atoms with Gasteiger partial charge in [0, 0.05) is 22.8 Å². The number of thioether (sulfide) groups is 1. The van der Waals surface area contributed by atoms with E-state index in [2.05, 4.69) is 17.2 Å². The minimum absolute atomic E-state index is 0.0596. The van der Waals surface area contributed by atoms with Crippen molar-refractivity contribution in [3.8, 4) is 0 Å². The van der Waals surface area contributed by atoms with E-state index in [1.165, 1.54) is 0 Å². The summed E-state index contributed by atoms with van der Waals surface area (Å²) in [4.78, 5) is 17.0. The Morgan fingerprint density at radius 2 is 1.97 bits per heavy atom. The molecule has 0 spiro atoms. The highest BCUT2D eigenvalue weighted by Gasteiger charge is 2.24. The molecule has 1 aromatic heterocycles. The van der Waals surface area contributed by atoms with Gasteiger partial charge in [0.15, 0.2) is 11.2 Å². The zero-order valence-electron chi connectivity index (χ0n) is 17.5. The maximum atomic E-state index is 12.6. The SMILES string of the molecule is CCOC(=O)C(Nc1ccc(Cn2c(CO)cnc2SCC)cc1)c1ccccc1Cl. The van der Waals surface area contributed by atoms with Crippen molar-refractivity contribution in [3.05, 3.63) is 76.6 Å². The molecule has 1 unspecified atom stereocenters. The Hall–Kier alpha value is -2.48. The van der Waals surface area contributed by atoms with Gasteiger partial charge in [-0.3, -0.25) is 0 Å². The average Bonchev–Trinajstić information content (AvgIpc) is 3.15. The number of nitrogens with one attached hydrogen (secondary N) is 1. The van der Waals surface area contributed by atoms with E-state index in [9.17, 15) is 9.90 Å². The summed E-state index contributed by atoms with van der Waals surface area (Å²) < 4.78 is 7.26. The van der Waals surface area contributed by atoms with Crippen molar-refractivity contribution >= 4 is 35.0 Å². The average molecular weight is 460 g/mol. The zero-order valence-corrected chi connectivity index (χ0v) is 19.1. The molecule has 0 fully saturated rings. The molecular formula is C23H26ClN3O3S. The highest BCUT2D eigenvalue weighted by molar-refractivity contribution is 7.99. The number of halogens is 1. The lowest BCUT2D eigenvalue weighted by molar-refractivity contribution is -0.144. The lowest BCUT2D eigenvalue weighted by Crippen LogP contribution is -2.23. The smallest absolute Gasteiger partial charge is 0.333 e. The molecule has 2 N–H and O–H groups in total. The maximum Gasteiger partial charge on any atom is 0.333 e. The molecule has 8 heteroatoms. The van der Waals surface area contributed by atoms with Crippen molar-refractivity contribution in [1.29, 1.82) is 0 Å². The fourth-order valence-corrected chi connectivity index (χ4v) is 4.15. The van der Waals surface area contributed by atoms with Gasteiger partial charge in [-0.2, -0.15) is 0 Å². The first-order chi connectivity index (χ1) is 15.1. The number of anilines is 1. The van der Waals surface area contributed by atoms with Gasteiger partial charge >= 0.3 is 5.97 Å². The number of carbonyl (C=O) groups is 1. The number of carbonyl (C=O) groups excluding carboxylic acids is 1. The summed E-state index contributed by atoms with van der Waals surface area (Å²) in [7, 11) is 0. The van der Waals surface area contributed by atoms with Crippen LogP contribution in [0, 0.1) is 0 Å². The van der Waals surface area contributed by atoms with Gasteiger partial charge in [-0.1, -0.05) is 60.6 Å². The van der Waals surface area contributed by atoms with E-state index in [0.717, 1.165) is 27.9 Å². The number of ether oxygens (including phenoxy) is 1. The quantitative estimate of drug-likeness (QED) is 0.331. The van der Waals surface area contributed by atoms with Crippen LogP contribution in [0.25, 0.3) is 0 Å². The highest BCUT2D eigenvalue weighted by Crippen LogP contribution is 2.28. The number of aliphatic hydroxyl groups is 1. The molecule has 0 saturated carbocycles. The van der Waals surface area contributed by atoms with Crippen molar-refractivity contribution in [3.63, 3.8) is 0 Å². The largest absolute Gasteiger partial charge is 0.464 e. The second kappa shape index (κ2) is 11.2. The molecule has 0 aliphatic heterocycles. The third-order valence-corrected chi connectivity index (χ3v) is 5.90. The number of hydrogen-bond acceptors (Lipinski definition) is 6.